The van der Waals surface area contributed by atoms with Crippen LogP contribution in [0, 0.1) is 12.3 Å². The van der Waals surface area contributed by atoms with E-state index in [4.69, 9.17) is 18.0 Å². The molecule has 0 atom stereocenters. The molecule has 2 N–H and O–H groups in total. The molecule has 0 radical (unpaired) electrons. The Bertz CT molecular complexity index is 429. The van der Waals surface area contributed by atoms with E-state index in [1.54, 1.807) is 0 Å². The van der Waals surface area contributed by atoms with Crippen molar-refractivity contribution in [3.8, 4) is 0 Å². The van der Waals surface area contributed by atoms with Crippen molar-refractivity contribution in [3.63, 3.8) is 0 Å². The van der Waals surface area contributed by atoms with Crippen LogP contribution >= 0.6 is 12.2 Å². The van der Waals surface area contributed by atoms with Crippen molar-refractivity contribution in [3.05, 3.63) is 29.6 Å². The third kappa shape index (κ3) is 5.66. The van der Waals surface area contributed by atoms with E-state index in [2.05, 4.69) is 42.9 Å². The highest BCUT2D eigenvalue weighted by Gasteiger charge is 2.20. The smallest absolute Gasteiger partial charge is 0.0784 e. The summed E-state index contributed by atoms with van der Waals surface area (Å²) in [5, 5.41) is 0. The summed E-state index contributed by atoms with van der Waals surface area (Å²) in [5.41, 5.74) is 7.88. The van der Waals surface area contributed by atoms with Gasteiger partial charge < -0.3 is 10.6 Å². The lowest BCUT2D eigenvalue weighted by molar-refractivity contribution is 0.298. The predicted molar refractivity (Wildman–Crippen MR) is 85.1 cm³/mol. The molecule has 106 valence electrons. The summed E-state index contributed by atoms with van der Waals surface area (Å²) in [4.78, 5) is 7.41. The summed E-state index contributed by atoms with van der Waals surface area (Å²) < 4.78 is 0. The molecule has 1 rings (SSSR count). The first-order chi connectivity index (χ1) is 8.81. The molecule has 1 aromatic heterocycles. The van der Waals surface area contributed by atoms with Crippen molar-refractivity contribution in [2.45, 2.75) is 40.2 Å². The zero-order valence-electron chi connectivity index (χ0n) is 12.4. The van der Waals surface area contributed by atoms with Gasteiger partial charge in [-0.05, 0) is 45.5 Å². The van der Waals surface area contributed by atoms with Crippen molar-refractivity contribution in [2.75, 3.05) is 13.6 Å². The number of pyridine rings is 1. The van der Waals surface area contributed by atoms with Gasteiger partial charge in [-0.25, -0.2) is 0 Å². The van der Waals surface area contributed by atoms with E-state index in [1.165, 1.54) is 0 Å². The van der Waals surface area contributed by atoms with Crippen LogP contribution in [0.25, 0.3) is 0 Å². The molecule has 0 unspecified atom stereocenters. The molecule has 0 aliphatic carbocycles. The molecule has 1 aromatic rings. The lowest BCUT2D eigenvalue weighted by atomic mass is 9.88. The van der Waals surface area contributed by atoms with Crippen LogP contribution in [0.15, 0.2) is 18.2 Å². The summed E-state index contributed by atoms with van der Waals surface area (Å²) in [6.07, 6.45) is 2.11. The van der Waals surface area contributed by atoms with Crippen LogP contribution in [0.1, 0.15) is 38.1 Å². The molecule has 1 heterocycles. The monoisotopic (exact) mass is 279 g/mol. The average Bonchev–Trinajstić information content (AvgIpc) is 2.28. The summed E-state index contributed by atoms with van der Waals surface area (Å²) in [6.45, 7) is 8.15. The Morgan fingerprint density at radius 3 is 2.68 bits per heavy atom. The van der Waals surface area contributed by atoms with Gasteiger partial charge in [0.1, 0.15) is 0 Å². The molecule has 0 aliphatic rings. The predicted octanol–water partition coefficient (Wildman–Crippen LogP) is 2.91. The topological polar surface area (TPSA) is 42.1 Å². The maximum absolute atomic E-state index is 5.74. The Hall–Kier alpha value is -1.00. The second-order valence-corrected chi connectivity index (χ2v) is 6.30. The fourth-order valence-electron chi connectivity index (χ4n) is 1.96. The molecule has 0 aliphatic heterocycles. The standard InChI is InChI=1S/C15H25N3S/c1-12-7-5-8-13(17-12)11-18(4)10-6-9-15(2,3)14(16)19/h5,7-8H,6,9-11H2,1-4H3,(H2,16,19). The van der Waals surface area contributed by atoms with Gasteiger partial charge in [0.05, 0.1) is 10.7 Å². The third-order valence-electron chi connectivity index (χ3n) is 3.39. The molecule has 0 spiro atoms. The van der Waals surface area contributed by atoms with E-state index in [9.17, 15) is 0 Å². The first-order valence-corrected chi connectivity index (χ1v) is 7.13. The second-order valence-electron chi connectivity index (χ2n) is 5.86. The summed E-state index contributed by atoms with van der Waals surface area (Å²) in [6, 6.07) is 6.15. The van der Waals surface area contributed by atoms with Crippen LogP contribution in [0.2, 0.25) is 0 Å². The number of hydrogen-bond acceptors (Lipinski definition) is 3. The molecule has 4 heteroatoms. The van der Waals surface area contributed by atoms with Crippen molar-refractivity contribution in [1.82, 2.24) is 9.88 Å². The minimum atomic E-state index is -0.0439. The number of hydrogen-bond donors (Lipinski definition) is 1. The lowest BCUT2D eigenvalue weighted by Crippen LogP contribution is -2.31. The quantitative estimate of drug-likeness (QED) is 0.779. The molecule has 3 nitrogen and oxygen atoms in total. The zero-order valence-corrected chi connectivity index (χ0v) is 13.3. The summed E-state index contributed by atoms with van der Waals surface area (Å²) >= 11 is 5.08. The number of nitrogens with two attached hydrogens (primary N) is 1. The Balaban J connectivity index is 2.36. The maximum Gasteiger partial charge on any atom is 0.0784 e. The molecular formula is C15H25N3S. The molecule has 0 aromatic carbocycles. The maximum atomic E-state index is 5.74. The first kappa shape index (κ1) is 16.1. The Labute approximate surface area is 122 Å². The molecule has 0 saturated carbocycles. The SMILES string of the molecule is Cc1cccc(CN(C)CCCC(C)(C)C(N)=S)n1. The van der Waals surface area contributed by atoms with Crippen LogP contribution in [0.3, 0.4) is 0 Å². The van der Waals surface area contributed by atoms with E-state index in [0.29, 0.717) is 4.99 Å². The number of aromatic nitrogens is 1. The van der Waals surface area contributed by atoms with Crippen LogP contribution in [0.5, 0.6) is 0 Å². The molecular weight excluding hydrogens is 254 g/mol. The third-order valence-corrected chi connectivity index (χ3v) is 3.94. The molecule has 0 amide bonds. The van der Waals surface area contributed by atoms with E-state index >= 15 is 0 Å². The normalized spacial score (nSPS) is 11.8. The van der Waals surface area contributed by atoms with E-state index in [0.717, 1.165) is 37.3 Å². The number of rotatable bonds is 7. The number of aryl methyl sites for hydroxylation is 1. The van der Waals surface area contributed by atoms with Gasteiger partial charge in [0.25, 0.3) is 0 Å². The number of nitrogens with zero attached hydrogens (tertiary/aromatic N) is 2. The van der Waals surface area contributed by atoms with Crippen molar-refractivity contribution in [1.29, 1.82) is 0 Å². The summed E-state index contributed by atoms with van der Waals surface area (Å²) in [7, 11) is 2.12. The Morgan fingerprint density at radius 2 is 2.11 bits per heavy atom. The largest absolute Gasteiger partial charge is 0.393 e. The van der Waals surface area contributed by atoms with Gasteiger partial charge in [-0.2, -0.15) is 0 Å². The second kappa shape index (κ2) is 6.96. The molecule has 0 saturated heterocycles. The minimum absolute atomic E-state index is 0.0439. The molecule has 0 bridgehead atoms. The van der Waals surface area contributed by atoms with Crippen LogP contribution in [-0.2, 0) is 6.54 Å². The highest BCUT2D eigenvalue weighted by atomic mass is 32.1. The van der Waals surface area contributed by atoms with Gasteiger partial charge in [0.15, 0.2) is 0 Å². The average molecular weight is 279 g/mol. The molecule has 0 fully saturated rings. The van der Waals surface area contributed by atoms with E-state index in [-0.39, 0.29) is 5.41 Å². The van der Waals surface area contributed by atoms with Crippen molar-refractivity contribution < 1.29 is 0 Å². The highest BCUT2D eigenvalue weighted by molar-refractivity contribution is 7.80. The van der Waals surface area contributed by atoms with Gasteiger partial charge >= 0.3 is 0 Å². The highest BCUT2D eigenvalue weighted by Crippen LogP contribution is 2.22. The summed E-state index contributed by atoms with van der Waals surface area (Å²) in [5.74, 6) is 0. The molecule has 19 heavy (non-hydrogen) atoms. The Kier molecular flexibility index (Phi) is 5.88. The van der Waals surface area contributed by atoms with Gasteiger partial charge in [0, 0.05) is 17.7 Å². The zero-order chi connectivity index (χ0) is 14.5. The van der Waals surface area contributed by atoms with Crippen LogP contribution in [0.4, 0.5) is 0 Å². The van der Waals surface area contributed by atoms with E-state index < -0.39 is 0 Å². The van der Waals surface area contributed by atoms with Gasteiger partial charge in [-0.15, -0.1) is 0 Å². The van der Waals surface area contributed by atoms with Gasteiger partial charge in [-0.1, -0.05) is 32.1 Å². The van der Waals surface area contributed by atoms with Crippen LogP contribution < -0.4 is 5.73 Å². The van der Waals surface area contributed by atoms with Crippen molar-refractivity contribution >= 4 is 17.2 Å². The lowest BCUT2D eigenvalue weighted by Gasteiger charge is -2.24. The van der Waals surface area contributed by atoms with E-state index in [1.807, 2.05) is 13.0 Å². The van der Waals surface area contributed by atoms with Crippen molar-refractivity contribution in [2.24, 2.45) is 11.1 Å². The van der Waals surface area contributed by atoms with Gasteiger partial charge in [-0.3, -0.25) is 4.98 Å². The Morgan fingerprint density at radius 1 is 1.42 bits per heavy atom. The van der Waals surface area contributed by atoms with Gasteiger partial charge in [0.2, 0.25) is 0 Å². The minimum Gasteiger partial charge on any atom is -0.393 e. The fourth-order valence-corrected chi connectivity index (χ4v) is 2.06. The van der Waals surface area contributed by atoms with Crippen LogP contribution in [-0.4, -0.2) is 28.5 Å². The number of thiocarbonyl (C=S) groups is 1. The first-order valence-electron chi connectivity index (χ1n) is 6.72. The fraction of sp³-hybridized carbons (Fsp3) is 0.600.